The van der Waals surface area contributed by atoms with Gasteiger partial charge in [-0.25, -0.2) is 0 Å². The second-order valence-electron chi connectivity index (χ2n) is 6.03. The van der Waals surface area contributed by atoms with E-state index in [1.54, 1.807) is 6.92 Å². The van der Waals surface area contributed by atoms with Crippen LogP contribution in [0.3, 0.4) is 0 Å². The van der Waals surface area contributed by atoms with Crippen LogP contribution in [0.2, 0.25) is 0 Å². The number of benzene rings is 1. The first kappa shape index (κ1) is 15.3. The van der Waals surface area contributed by atoms with Crippen molar-refractivity contribution in [1.82, 2.24) is 4.98 Å². The van der Waals surface area contributed by atoms with Gasteiger partial charge in [-0.2, -0.15) is 0 Å². The zero-order valence-corrected chi connectivity index (χ0v) is 13.6. The first-order chi connectivity index (χ1) is 11.0. The maximum absolute atomic E-state index is 12.2. The first-order valence-corrected chi connectivity index (χ1v) is 7.77. The van der Waals surface area contributed by atoms with E-state index in [4.69, 9.17) is 0 Å². The van der Waals surface area contributed by atoms with E-state index in [0.29, 0.717) is 12.0 Å². The molecule has 0 saturated heterocycles. The number of aromatic nitrogens is 1. The van der Waals surface area contributed by atoms with E-state index in [9.17, 15) is 9.59 Å². The molecule has 118 valence electrons. The summed E-state index contributed by atoms with van der Waals surface area (Å²) in [4.78, 5) is 26.8. The Morgan fingerprint density at radius 2 is 1.96 bits per heavy atom. The molecule has 1 aliphatic rings. The average molecular weight is 308 g/mol. The zero-order chi connectivity index (χ0) is 16.6. The molecule has 4 nitrogen and oxygen atoms in total. The molecule has 1 aromatic carbocycles. The van der Waals surface area contributed by atoms with E-state index in [1.165, 1.54) is 5.56 Å². The molecular weight excluding hydrogens is 288 g/mol. The topological polar surface area (TPSA) is 62.0 Å². The highest BCUT2D eigenvalue weighted by molar-refractivity contribution is 6.34. The molecule has 0 fully saturated rings. The maximum atomic E-state index is 12.2. The van der Waals surface area contributed by atoms with Crippen molar-refractivity contribution in [2.45, 2.75) is 33.6 Å². The fraction of sp³-hybridized carbons (Fsp3) is 0.263. The van der Waals surface area contributed by atoms with E-state index in [1.807, 2.05) is 44.2 Å². The number of rotatable bonds is 4. The van der Waals surface area contributed by atoms with Crippen LogP contribution >= 0.6 is 0 Å². The second-order valence-corrected chi connectivity index (χ2v) is 6.03. The Morgan fingerprint density at radius 1 is 1.22 bits per heavy atom. The number of hydrogen-bond acceptors (Lipinski definition) is 2. The predicted octanol–water partition coefficient (Wildman–Crippen LogP) is 3.65. The van der Waals surface area contributed by atoms with Gasteiger partial charge in [-0.1, -0.05) is 18.2 Å². The van der Waals surface area contributed by atoms with Gasteiger partial charge >= 0.3 is 0 Å². The summed E-state index contributed by atoms with van der Waals surface area (Å²) in [5.74, 6) is 0.108. The Morgan fingerprint density at radius 3 is 2.70 bits per heavy atom. The number of nitrogens with one attached hydrogen (secondary N) is 2. The number of carbonyl (C=O) groups excluding carboxylic acids is 2. The quantitative estimate of drug-likeness (QED) is 0.847. The van der Waals surface area contributed by atoms with E-state index >= 15 is 0 Å². The van der Waals surface area contributed by atoms with Crippen LogP contribution in [-0.2, 0) is 16.0 Å². The molecule has 0 radical (unpaired) electrons. The van der Waals surface area contributed by atoms with Crippen LogP contribution in [0, 0.1) is 13.8 Å². The number of Topliss-reactive ketones (excluding diaryl/α,β-unsaturated/α-hetero) is 1. The Bertz CT molecular complexity index is 828. The monoisotopic (exact) mass is 308 g/mol. The number of carbonyl (C=O) groups is 2. The Kier molecular flexibility index (Phi) is 3.90. The molecule has 2 N–H and O–H groups in total. The van der Waals surface area contributed by atoms with Crippen LogP contribution in [0.4, 0.5) is 5.69 Å². The van der Waals surface area contributed by atoms with Crippen molar-refractivity contribution < 1.29 is 9.59 Å². The maximum Gasteiger partial charge on any atom is 0.256 e. The summed E-state index contributed by atoms with van der Waals surface area (Å²) in [6.45, 7) is 5.65. The minimum atomic E-state index is -0.0804. The number of H-pyrrole nitrogens is 1. The van der Waals surface area contributed by atoms with Gasteiger partial charge in [-0.05, 0) is 50.5 Å². The zero-order valence-electron chi connectivity index (χ0n) is 13.6. The Hall–Kier alpha value is -2.62. The lowest BCUT2D eigenvalue weighted by atomic mass is 10.0. The van der Waals surface area contributed by atoms with Gasteiger partial charge in [0, 0.05) is 29.1 Å². The molecule has 1 amide bonds. The third-order valence-electron chi connectivity index (χ3n) is 4.36. The predicted molar refractivity (Wildman–Crippen MR) is 92.2 cm³/mol. The summed E-state index contributed by atoms with van der Waals surface area (Å²) in [5, 5.41) is 2.88. The van der Waals surface area contributed by atoms with Crippen LogP contribution < -0.4 is 5.32 Å². The van der Waals surface area contributed by atoms with Crippen LogP contribution in [0.1, 0.15) is 41.4 Å². The number of fused-ring (bicyclic) bond motifs is 1. The van der Waals surface area contributed by atoms with Crippen LogP contribution in [0.25, 0.3) is 11.6 Å². The molecule has 2 aromatic rings. The minimum Gasteiger partial charge on any atom is -0.359 e. The fourth-order valence-corrected chi connectivity index (χ4v) is 3.06. The van der Waals surface area contributed by atoms with Crippen molar-refractivity contribution in [1.29, 1.82) is 0 Å². The molecule has 0 bridgehead atoms. The third-order valence-corrected chi connectivity index (χ3v) is 4.36. The minimum absolute atomic E-state index is 0.0804. The van der Waals surface area contributed by atoms with Gasteiger partial charge in [0.25, 0.3) is 5.91 Å². The highest BCUT2D eigenvalue weighted by Crippen LogP contribution is 2.33. The standard InChI is InChI=1S/C19H20N2O2/c1-11(22)8-9-14-12(2)18(20-13(14)3)10-16-15-6-4-5-7-17(15)21-19(16)23/h4-7,10,20H,8-9H2,1-3H3,(H,21,23)/b16-10-. The van der Waals surface area contributed by atoms with Gasteiger partial charge in [0.05, 0.1) is 5.57 Å². The fourth-order valence-electron chi connectivity index (χ4n) is 3.06. The van der Waals surface area contributed by atoms with Crippen LogP contribution in [0.5, 0.6) is 0 Å². The van der Waals surface area contributed by atoms with Gasteiger partial charge in [-0.3, -0.25) is 4.79 Å². The summed E-state index contributed by atoms with van der Waals surface area (Å²) in [6.07, 6.45) is 3.18. The number of aromatic amines is 1. The molecule has 1 aliphatic heterocycles. The van der Waals surface area contributed by atoms with E-state index < -0.39 is 0 Å². The lowest BCUT2D eigenvalue weighted by molar-refractivity contribution is -0.117. The second kappa shape index (κ2) is 5.88. The lowest BCUT2D eigenvalue weighted by Crippen LogP contribution is -2.03. The molecule has 0 unspecified atom stereocenters. The lowest BCUT2D eigenvalue weighted by Gasteiger charge is -2.01. The molecule has 0 atom stereocenters. The SMILES string of the molecule is CC(=O)CCc1c(C)[nH]c(/C=C2\C(=O)Nc3ccccc32)c1C. The normalized spacial score (nSPS) is 14.9. The van der Waals surface area contributed by atoms with Crippen molar-refractivity contribution in [3.8, 4) is 0 Å². The molecule has 3 rings (SSSR count). The highest BCUT2D eigenvalue weighted by atomic mass is 16.2. The molecule has 1 aromatic heterocycles. The number of anilines is 1. The van der Waals surface area contributed by atoms with Crippen molar-refractivity contribution in [3.05, 3.63) is 52.3 Å². The highest BCUT2D eigenvalue weighted by Gasteiger charge is 2.24. The Labute approximate surface area is 135 Å². The van der Waals surface area contributed by atoms with Gasteiger partial charge in [-0.15, -0.1) is 0 Å². The van der Waals surface area contributed by atoms with Crippen LogP contribution in [0.15, 0.2) is 24.3 Å². The first-order valence-electron chi connectivity index (χ1n) is 7.77. The van der Waals surface area contributed by atoms with Crippen LogP contribution in [-0.4, -0.2) is 16.7 Å². The third kappa shape index (κ3) is 2.84. The average Bonchev–Trinajstić information content (AvgIpc) is 2.95. The van der Waals surface area contributed by atoms with E-state index in [2.05, 4.69) is 10.3 Å². The van der Waals surface area contributed by atoms with Gasteiger partial charge < -0.3 is 15.1 Å². The summed E-state index contributed by atoms with van der Waals surface area (Å²) in [5.41, 5.74) is 6.70. The van der Waals surface area contributed by atoms with Crippen molar-refractivity contribution in [3.63, 3.8) is 0 Å². The van der Waals surface area contributed by atoms with Gasteiger partial charge in [0.15, 0.2) is 0 Å². The largest absolute Gasteiger partial charge is 0.359 e. The molecule has 4 heteroatoms. The Balaban J connectivity index is 1.99. The molecule has 0 saturated carbocycles. The summed E-state index contributed by atoms with van der Waals surface area (Å²) in [7, 11) is 0. The molecule has 0 spiro atoms. The molecule has 2 heterocycles. The van der Waals surface area contributed by atoms with Crippen molar-refractivity contribution in [2.24, 2.45) is 0 Å². The number of hydrogen-bond donors (Lipinski definition) is 2. The summed E-state index contributed by atoms with van der Waals surface area (Å²) >= 11 is 0. The molecule has 23 heavy (non-hydrogen) atoms. The number of para-hydroxylation sites is 1. The number of ketones is 1. The van der Waals surface area contributed by atoms with E-state index in [-0.39, 0.29) is 11.7 Å². The smallest absolute Gasteiger partial charge is 0.256 e. The summed E-state index contributed by atoms with van der Waals surface area (Å²) < 4.78 is 0. The van der Waals surface area contributed by atoms with Crippen molar-refractivity contribution in [2.75, 3.05) is 5.32 Å². The molecule has 0 aliphatic carbocycles. The molecular formula is C19H20N2O2. The van der Waals surface area contributed by atoms with Gasteiger partial charge in [0.1, 0.15) is 5.78 Å². The van der Waals surface area contributed by atoms with E-state index in [0.717, 1.165) is 34.6 Å². The number of amides is 1. The summed E-state index contributed by atoms with van der Waals surface area (Å²) in [6, 6.07) is 7.68. The van der Waals surface area contributed by atoms with Gasteiger partial charge in [0.2, 0.25) is 0 Å². The van der Waals surface area contributed by atoms with Crippen molar-refractivity contribution >= 4 is 29.0 Å². The number of aryl methyl sites for hydroxylation is 1.